The smallest absolute Gasteiger partial charge is 0.273 e. The van der Waals surface area contributed by atoms with Crippen molar-refractivity contribution >= 4 is 28.6 Å². The molecule has 0 bridgehead atoms. The molecule has 4 rings (SSSR count). The molecule has 0 spiro atoms. The van der Waals surface area contributed by atoms with Gasteiger partial charge in [-0.1, -0.05) is 30.3 Å². The number of β-amino-alcohol motifs (C(OH)–C–C–N with tert-alkyl or cyclic N) is 1. The molecule has 0 radical (unpaired) electrons. The maximum Gasteiger partial charge on any atom is 0.273 e. The Labute approximate surface area is 136 Å². The number of nitrogens with zero attached hydrogens (tertiary/aromatic N) is 2. The molecule has 1 aromatic heterocycles. The topological polar surface area (TPSA) is 70.5 Å². The lowest BCUT2D eigenvalue weighted by atomic mass is 10.0. The van der Waals surface area contributed by atoms with Gasteiger partial charge in [0.05, 0.1) is 6.10 Å². The summed E-state index contributed by atoms with van der Waals surface area (Å²) >= 11 is 1.19. The molecule has 1 N–H and O–H groups in total. The number of Topliss-reactive ketones (excluding diaryl/α,β-unsaturated/α-hetero) is 1. The van der Waals surface area contributed by atoms with Crippen LogP contribution in [0.25, 0.3) is 5.57 Å². The Bertz CT molecular complexity index is 834. The average molecular weight is 326 g/mol. The summed E-state index contributed by atoms with van der Waals surface area (Å²) in [5.74, 6) is -0.367. The van der Waals surface area contributed by atoms with Gasteiger partial charge < -0.3 is 10.0 Å². The largest absolute Gasteiger partial charge is 0.389 e. The predicted octanol–water partition coefficient (Wildman–Crippen LogP) is 1.78. The Kier molecular flexibility index (Phi) is 3.36. The number of likely N-dealkylation sites (tertiary alicyclic amines) is 1. The van der Waals surface area contributed by atoms with Crippen LogP contribution in [-0.4, -0.2) is 45.9 Å². The molecule has 0 atom stereocenters. The Hall–Kier alpha value is -2.31. The number of rotatable bonds is 3. The zero-order valence-electron chi connectivity index (χ0n) is 12.2. The number of fused-ring (bicyclic) bond motifs is 1. The van der Waals surface area contributed by atoms with E-state index in [4.69, 9.17) is 0 Å². The molecule has 2 heterocycles. The number of carbonyl (C=O) groups is 2. The van der Waals surface area contributed by atoms with Crippen LogP contribution in [0.1, 0.15) is 31.4 Å². The summed E-state index contributed by atoms with van der Waals surface area (Å²) in [5.41, 5.74) is 3.02. The fourth-order valence-corrected chi connectivity index (χ4v) is 3.62. The molecular formula is C17H14N2O3S. The number of aliphatic hydroxyl groups excluding tert-OH is 1. The van der Waals surface area contributed by atoms with Gasteiger partial charge in [-0.2, -0.15) is 0 Å². The molecule has 2 aromatic rings. The van der Waals surface area contributed by atoms with E-state index in [0.717, 1.165) is 17.5 Å². The number of thiazole rings is 1. The van der Waals surface area contributed by atoms with Crippen molar-refractivity contribution in [1.29, 1.82) is 0 Å². The minimum Gasteiger partial charge on any atom is -0.389 e. The zero-order chi connectivity index (χ0) is 16.0. The van der Waals surface area contributed by atoms with Crippen LogP contribution >= 0.6 is 11.3 Å². The summed E-state index contributed by atoms with van der Waals surface area (Å²) in [6.07, 6.45) is 2.22. The van der Waals surface area contributed by atoms with E-state index in [-0.39, 0.29) is 17.4 Å². The first kappa shape index (κ1) is 14.3. The van der Waals surface area contributed by atoms with E-state index in [0.29, 0.717) is 23.7 Å². The zero-order valence-corrected chi connectivity index (χ0v) is 13.0. The minimum absolute atomic E-state index is 0.136. The molecule has 23 heavy (non-hydrogen) atoms. The van der Waals surface area contributed by atoms with Gasteiger partial charge in [0, 0.05) is 24.0 Å². The number of aliphatic hydroxyl groups is 1. The Morgan fingerprint density at radius 1 is 1.26 bits per heavy atom. The number of ketones is 1. The molecule has 1 fully saturated rings. The van der Waals surface area contributed by atoms with E-state index < -0.39 is 6.10 Å². The third kappa shape index (κ3) is 2.40. The van der Waals surface area contributed by atoms with Crippen molar-refractivity contribution in [3.8, 4) is 0 Å². The second-order valence-corrected chi connectivity index (χ2v) is 6.57. The van der Waals surface area contributed by atoms with Crippen LogP contribution in [-0.2, 0) is 6.42 Å². The summed E-state index contributed by atoms with van der Waals surface area (Å²) in [5, 5.41) is 11.2. The van der Waals surface area contributed by atoms with Gasteiger partial charge in [0.15, 0.2) is 5.01 Å². The van der Waals surface area contributed by atoms with Crippen molar-refractivity contribution in [2.75, 3.05) is 13.1 Å². The maximum atomic E-state index is 12.7. The highest BCUT2D eigenvalue weighted by Gasteiger charge is 2.31. The molecule has 0 unspecified atom stereocenters. The number of benzene rings is 1. The van der Waals surface area contributed by atoms with E-state index in [2.05, 4.69) is 4.98 Å². The van der Waals surface area contributed by atoms with Crippen LogP contribution < -0.4 is 0 Å². The predicted molar refractivity (Wildman–Crippen MR) is 86.5 cm³/mol. The van der Waals surface area contributed by atoms with Gasteiger partial charge in [0.25, 0.3) is 5.91 Å². The Morgan fingerprint density at radius 3 is 2.83 bits per heavy atom. The first-order valence-corrected chi connectivity index (χ1v) is 8.27. The van der Waals surface area contributed by atoms with Crippen LogP contribution in [0.5, 0.6) is 0 Å². The van der Waals surface area contributed by atoms with Crippen LogP contribution in [0.3, 0.4) is 0 Å². The summed E-state index contributed by atoms with van der Waals surface area (Å²) < 4.78 is 0. The standard InChI is InChI=1S/C17H14N2O3S/c20-11-7-19(8-11)17(22)14-9-23-16(18-14)15(21)13-6-5-10-3-1-2-4-12(10)13/h1-4,6,9,11,20H,5,7-8H2. The summed E-state index contributed by atoms with van der Waals surface area (Å²) in [6, 6.07) is 7.82. The van der Waals surface area contributed by atoms with Gasteiger partial charge in [-0.05, 0) is 17.5 Å². The first-order valence-electron chi connectivity index (χ1n) is 7.39. The SMILES string of the molecule is O=C(C1=CCc2ccccc21)c1nc(C(=O)N2CC(O)C2)cs1. The van der Waals surface area contributed by atoms with Crippen molar-refractivity contribution in [3.63, 3.8) is 0 Å². The fourth-order valence-electron chi connectivity index (χ4n) is 2.87. The second kappa shape index (κ2) is 5.40. The molecule has 1 aromatic carbocycles. The van der Waals surface area contributed by atoms with Gasteiger partial charge >= 0.3 is 0 Å². The van der Waals surface area contributed by atoms with E-state index in [1.807, 2.05) is 30.3 Å². The molecule has 2 aliphatic rings. The van der Waals surface area contributed by atoms with Gasteiger partial charge in [-0.15, -0.1) is 11.3 Å². The summed E-state index contributed by atoms with van der Waals surface area (Å²) in [7, 11) is 0. The molecule has 5 nitrogen and oxygen atoms in total. The Morgan fingerprint density at radius 2 is 2.04 bits per heavy atom. The summed E-state index contributed by atoms with van der Waals surface area (Å²) in [4.78, 5) is 30.6. The highest BCUT2D eigenvalue weighted by Crippen LogP contribution is 2.30. The molecule has 1 aliphatic heterocycles. The number of amides is 1. The molecule has 0 saturated carbocycles. The molecule has 1 amide bonds. The number of aromatic nitrogens is 1. The molecule has 116 valence electrons. The van der Waals surface area contributed by atoms with Crippen molar-refractivity contribution in [2.24, 2.45) is 0 Å². The van der Waals surface area contributed by atoms with Crippen molar-refractivity contribution in [3.05, 3.63) is 57.6 Å². The second-order valence-electron chi connectivity index (χ2n) is 5.71. The monoisotopic (exact) mass is 326 g/mol. The third-order valence-corrected chi connectivity index (χ3v) is 4.99. The van der Waals surface area contributed by atoms with E-state index >= 15 is 0 Å². The number of hydrogen-bond acceptors (Lipinski definition) is 5. The van der Waals surface area contributed by atoms with Crippen LogP contribution in [0.2, 0.25) is 0 Å². The Balaban J connectivity index is 1.56. The summed E-state index contributed by atoms with van der Waals surface area (Å²) in [6.45, 7) is 0.663. The lowest BCUT2D eigenvalue weighted by Crippen LogP contribution is -2.53. The minimum atomic E-state index is -0.446. The van der Waals surface area contributed by atoms with Gasteiger partial charge in [0.2, 0.25) is 5.78 Å². The quantitative estimate of drug-likeness (QED) is 0.873. The van der Waals surface area contributed by atoms with Gasteiger partial charge in [-0.3, -0.25) is 9.59 Å². The maximum absolute atomic E-state index is 12.7. The highest BCUT2D eigenvalue weighted by molar-refractivity contribution is 7.12. The van der Waals surface area contributed by atoms with Crippen molar-refractivity contribution in [1.82, 2.24) is 9.88 Å². The van der Waals surface area contributed by atoms with Gasteiger partial charge in [0.1, 0.15) is 5.69 Å². The fraction of sp³-hybridized carbons (Fsp3) is 0.235. The number of allylic oxidation sites excluding steroid dienone is 2. The molecule has 6 heteroatoms. The molecule has 1 saturated heterocycles. The van der Waals surface area contributed by atoms with Gasteiger partial charge in [-0.25, -0.2) is 4.98 Å². The van der Waals surface area contributed by atoms with E-state index in [1.54, 1.807) is 5.38 Å². The van der Waals surface area contributed by atoms with Crippen LogP contribution in [0.4, 0.5) is 0 Å². The average Bonchev–Trinajstić information content (AvgIpc) is 3.17. The highest BCUT2D eigenvalue weighted by atomic mass is 32.1. The van der Waals surface area contributed by atoms with E-state index in [9.17, 15) is 14.7 Å². The van der Waals surface area contributed by atoms with Crippen molar-refractivity contribution < 1.29 is 14.7 Å². The lowest BCUT2D eigenvalue weighted by molar-refractivity contribution is 0.00555. The van der Waals surface area contributed by atoms with Crippen molar-refractivity contribution in [2.45, 2.75) is 12.5 Å². The normalized spacial score (nSPS) is 16.7. The van der Waals surface area contributed by atoms with Crippen LogP contribution in [0.15, 0.2) is 35.7 Å². The number of hydrogen-bond donors (Lipinski definition) is 1. The molecular weight excluding hydrogens is 312 g/mol. The molecule has 1 aliphatic carbocycles. The lowest BCUT2D eigenvalue weighted by Gasteiger charge is -2.35. The number of carbonyl (C=O) groups excluding carboxylic acids is 2. The first-order chi connectivity index (χ1) is 11.1. The van der Waals surface area contributed by atoms with Crippen LogP contribution in [0, 0.1) is 0 Å². The third-order valence-electron chi connectivity index (χ3n) is 4.15. The van der Waals surface area contributed by atoms with E-state index in [1.165, 1.54) is 16.2 Å².